The van der Waals surface area contributed by atoms with Crippen molar-refractivity contribution in [3.8, 4) is 11.1 Å². The lowest BCUT2D eigenvalue weighted by atomic mass is 10.0. The first-order chi connectivity index (χ1) is 16.2. The average molecular weight is 499 g/mol. The molecule has 1 aromatic heterocycles. The molecule has 3 aromatic rings. The van der Waals surface area contributed by atoms with E-state index >= 15 is 0 Å². The van der Waals surface area contributed by atoms with Crippen LogP contribution in [0, 0.1) is 6.92 Å². The second-order valence-corrected chi connectivity index (χ2v) is 10.5. The average Bonchev–Trinajstić information content (AvgIpc) is 3.20. The molecule has 2 aromatic carbocycles. The Balaban J connectivity index is 1.61. The largest absolute Gasteiger partial charge is 0.462 e. The fourth-order valence-corrected chi connectivity index (χ4v) is 6.10. The Morgan fingerprint density at radius 2 is 1.79 bits per heavy atom. The lowest BCUT2D eigenvalue weighted by Crippen LogP contribution is -2.45. The van der Waals surface area contributed by atoms with Gasteiger partial charge in [0.2, 0.25) is 15.9 Å². The fraction of sp³-hybridized carbons (Fsp3) is 0.208. The van der Waals surface area contributed by atoms with Gasteiger partial charge in [0.05, 0.1) is 12.4 Å². The lowest BCUT2D eigenvalue weighted by Gasteiger charge is -2.27. The summed E-state index contributed by atoms with van der Waals surface area (Å²) in [6.45, 7) is 3.08. The molecular weight excluding hydrogens is 476 g/mol. The van der Waals surface area contributed by atoms with Gasteiger partial charge in [-0.05, 0) is 31.0 Å². The van der Waals surface area contributed by atoms with E-state index in [2.05, 4.69) is 5.32 Å². The number of hydrogen-bond acceptors (Lipinski definition) is 7. The van der Waals surface area contributed by atoms with Crippen LogP contribution in [0.15, 0.2) is 53.9 Å². The van der Waals surface area contributed by atoms with Gasteiger partial charge in [-0.1, -0.05) is 48.0 Å². The summed E-state index contributed by atoms with van der Waals surface area (Å²) in [5.41, 5.74) is 3.25. The molecule has 0 bridgehead atoms. The van der Waals surface area contributed by atoms with Gasteiger partial charge in [0.15, 0.2) is 0 Å². The van der Waals surface area contributed by atoms with E-state index in [1.54, 1.807) is 30.5 Å². The molecule has 0 fully saturated rings. The van der Waals surface area contributed by atoms with Crippen molar-refractivity contribution in [2.75, 3.05) is 18.5 Å². The van der Waals surface area contributed by atoms with Crippen molar-refractivity contribution in [1.82, 2.24) is 4.31 Å². The number of nitrogens with zero attached hydrogens (tertiary/aromatic N) is 1. The summed E-state index contributed by atoms with van der Waals surface area (Å²) >= 11 is 1.12. The van der Waals surface area contributed by atoms with Crippen LogP contribution in [0.3, 0.4) is 0 Å². The molecule has 0 radical (unpaired) electrons. The highest BCUT2D eigenvalue weighted by molar-refractivity contribution is 7.89. The van der Waals surface area contributed by atoms with E-state index in [1.165, 1.54) is 6.07 Å². The monoisotopic (exact) mass is 498 g/mol. The van der Waals surface area contributed by atoms with Crippen molar-refractivity contribution in [2.24, 2.45) is 0 Å². The normalized spacial score (nSPS) is 14.4. The standard InChI is InChI=1S/C24H22N2O6S2/c1-3-32-24(29)21-19(16-10-8-15(2)9-11-16)13-33-22(21)25-20(27)12-26-23(28)18-7-5-4-6-17(18)14-34(26,30)31/h4-11,13H,3,12,14H2,1-2H3,(H,25,27). The van der Waals surface area contributed by atoms with E-state index in [0.717, 1.165) is 22.5 Å². The molecule has 2 heterocycles. The van der Waals surface area contributed by atoms with Gasteiger partial charge in [-0.3, -0.25) is 9.59 Å². The third-order valence-corrected chi connectivity index (χ3v) is 7.86. The van der Waals surface area contributed by atoms with Crippen molar-refractivity contribution in [3.63, 3.8) is 0 Å². The highest BCUT2D eigenvalue weighted by Crippen LogP contribution is 2.36. The Kier molecular flexibility index (Phi) is 6.54. The predicted octanol–water partition coefficient (Wildman–Crippen LogP) is 3.82. The fourth-order valence-electron chi connectivity index (χ4n) is 3.66. The molecule has 2 amide bonds. The van der Waals surface area contributed by atoms with Gasteiger partial charge in [0, 0.05) is 16.5 Å². The van der Waals surface area contributed by atoms with Crippen LogP contribution in [0.2, 0.25) is 0 Å². The molecule has 176 valence electrons. The quantitative estimate of drug-likeness (QED) is 0.518. The number of rotatable bonds is 6. The van der Waals surface area contributed by atoms with Gasteiger partial charge in [-0.25, -0.2) is 17.5 Å². The Morgan fingerprint density at radius 1 is 1.09 bits per heavy atom. The molecule has 34 heavy (non-hydrogen) atoms. The maximum atomic E-state index is 12.8. The molecule has 1 N–H and O–H groups in total. The number of thiophene rings is 1. The van der Waals surface area contributed by atoms with Crippen LogP contribution >= 0.6 is 11.3 Å². The van der Waals surface area contributed by atoms with E-state index < -0.39 is 34.4 Å². The Labute approximate surface area is 201 Å². The van der Waals surface area contributed by atoms with Crippen LogP contribution in [-0.2, 0) is 25.3 Å². The van der Waals surface area contributed by atoms with E-state index in [-0.39, 0.29) is 28.5 Å². The van der Waals surface area contributed by atoms with Crippen LogP contribution in [0.1, 0.15) is 38.8 Å². The third kappa shape index (κ3) is 4.59. The van der Waals surface area contributed by atoms with Crippen LogP contribution in [0.25, 0.3) is 11.1 Å². The SMILES string of the molecule is CCOC(=O)c1c(-c2ccc(C)cc2)csc1NC(=O)CN1C(=O)c2ccccc2CS1(=O)=O. The zero-order chi connectivity index (χ0) is 24.5. The molecule has 0 spiro atoms. The summed E-state index contributed by atoms with van der Waals surface area (Å²) in [6.07, 6.45) is 0. The maximum absolute atomic E-state index is 12.8. The van der Waals surface area contributed by atoms with Crippen molar-refractivity contribution in [1.29, 1.82) is 0 Å². The minimum atomic E-state index is -4.02. The first-order valence-electron chi connectivity index (χ1n) is 10.5. The van der Waals surface area contributed by atoms with Crippen LogP contribution in [0.4, 0.5) is 5.00 Å². The Hall–Kier alpha value is -3.50. The van der Waals surface area contributed by atoms with Crippen molar-refractivity contribution in [3.05, 3.63) is 76.2 Å². The molecule has 10 heteroatoms. The number of hydrogen-bond donors (Lipinski definition) is 1. The molecule has 0 saturated heterocycles. The van der Waals surface area contributed by atoms with Gasteiger partial charge in [-0.2, -0.15) is 0 Å². The molecule has 0 atom stereocenters. The number of aryl methyl sites for hydroxylation is 1. The highest BCUT2D eigenvalue weighted by atomic mass is 32.2. The Morgan fingerprint density at radius 3 is 2.50 bits per heavy atom. The summed E-state index contributed by atoms with van der Waals surface area (Å²) in [6, 6.07) is 13.9. The number of carbonyl (C=O) groups excluding carboxylic acids is 3. The van der Waals surface area contributed by atoms with Crippen molar-refractivity contribution in [2.45, 2.75) is 19.6 Å². The van der Waals surface area contributed by atoms with E-state index in [0.29, 0.717) is 15.4 Å². The van der Waals surface area contributed by atoms with Crippen LogP contribution < -0.4 is 5.32 Å². The molecule has 4 rings (SSSR count). The minimum absolute atomic E-state index is 0.148. The number of esters is 1. The first-order valence-corrected chi connectivity index (χ1v) is 13.0. The molecule has 0 aliphatic carbocycles. The molecule has 8 nitrogen and oxygen atoms in total. The topological polar surface area (TPSA) is 110 Å². The van der Waals surface area contributed by atoms with Gasteiger partial charge in [-0.15, -0.1) is 11.3 Å². The van der Waals surface area contributed by atoms with Crippen LogP contribution in [-0.4, -0.2) is 43.7 Å². The van der Waals surface area contributed by atoms with Gasteiger partial charge < -0.3 is 10.1 Å². The number of sulfonamides is 1. The number of anilines is 1. The second kappa shape index (κ2) is 9.40. The maximum Gasteiger partial charge on any atom is 0.341 e. The summed E-state index contributed by atoms with van der Waals surface area (Å²) in [5, 5.41) is 4.55. The smallest absolute Gasteiger partial charge is 0.341 e. The van der Waals surface area contributed by atoms with Gasteiger partial charge in [0.25, 0.3) is 5.91 Å². The predicted molar refractivity (Wildman–Crippen MR) is 129 cm³/mol. The molecule has 1 aliphatic heterocycles. The number of amides is 2. The molecule has 1 aliphatic rings. The first kappa shape index (κ1) is 23.7. The number of ether oxygens (including phenoxy) is 1. The number of carbonyl (C=O) groups is 3. The summed E-state index contributed by atoms with van der Waals surface area (Å²) in [7, 11) is -4.02. The third-order valence-electron chi connectivity index (χ3n) is 5.32. The molecular formula is C24H22N2O6S2. The zero-order valence-electron chi connectivity index (χ0n) is 18.5. The zero-order valence-corrected chi connectivity index (χ0v) is 20.2. The van der Waals surface area contributed by atoms with Gasteiger partial charge >= 0.3 is 5.97 Å². The van der Waals surface area contributed by atoms with Crippen molar-refractivity contribution >= 4 is 44.1 Å². The second-order valence-electron chi connectivity index (χ2n) is 7.71. The molecule has 0 unspecified atom stereocenters. The van der Waals surface area contributed by atoms with E-state index in [9.17, 15) is 22.8 Å². The number of fused-ring (bicyclic) bond motifs is 1. The highest BCUT2D eigenvalue weighted by Gasteiger charge is 2.37. The van der Waals surface area contributed by atoms with Gasteiger partial charge in [0.1, 0.15) is 17.1 Å². The van der Waals surface area contributed by atoms with Crippen LogP contribution in [0.5, 0.6) is 0 Å². The summed E-state index contributed by atoms with van der Waals surface area (Å²) < 4.78 is 31.1. The minimum Gasteiger partial charge on any atom is -0.462 e. The van der Waals surface area contributed by atoms with E-state index in [4.69, 9.17) is 4.74 Å². The summed E-state index contributed by atoms with van der Waals surface area (Å²) in [4.78, 5) is 38.4. The van der Waals surface area contributed by atoms with E-state index in [1.807, 2.05) is 31.2 Å². The molecule has 0 saturated carbocycles. The van der Waals surface area contributed by atoms with Crippen molar-refractivity contribution < 1.29 is 27.5 Å². The summed E-state index contributed by atoms with van der Waals surface area (Å²) in [5.74, 6) is -2.47. The number of benzene rings is 2. The Bertz CT molecular complexity index is 1380. The number of nitrogens with one attached hydrogen (secondary N) is 1. The lowest BCUT2D eigenvalue weighted by molar-refractivity contribution is -0.116.